The molecule has 23 heavy (non-hydrogen) atoms. The first kappa shape index (κ1) is 14.6. The van der Waals surface area contributed by atoms with Crippen LogP contribution in [0, 0.1) is 5.92 Å². The minimum absolute atomic E-state index is 0.0286. The molecule has 0 bridgehead atoms. The van der Waals surface area contributed by atoms with Gasteiger partial charge in [-0.05, 0) is 18.9 Å². The van der Waals surface area contributed by atoms with Crippen molar-refractivity contribution in [3.8, 4) is 0 Å². The van der Waals surface area contributed by atoms with Crippen molar-refractivity contribution in [3.05, 3.63) is 46.4 Å². The maximum Gasteiger partial charge on any atom is 0.266 e. The molecule has 1 aliphatic carbocycles. The molecular weight excluding hydrogens is 290 g/mol. The molecule has 6 nitrogen and oxygen atoms in total. The zero-order chi connectivity index (χ0) is 15.8. The molecule has 6 heteroatoms. The second-order valence-electron chi connectivity index (χ2n) is 6.88. The quantitative estimate of drug-likeness (QED) is 0.799. The van der Waals surface area contributed by atoms with E-state index in [-0.39, 0.29) is 5.56 Å². The van der Waals surface area contributed by atoms with Crippen molar-refractivity contribution in [2.75, 3.05) is 19.6 Å². The van der Waals surface area contributed by atoms with Crippen LogP contribution in [0.5, 0.6) is 0 Å². The molecule has 1 saturated carbocycles. The lowest BCUT2D eigenvalue weighted by Gasteiger charge is -2.39. The molecule has 4 rings (SSSR count). The molecule has 0 atom stereocenters. The molecule has 2 fully saturated rings. The Hall–Kier alpha value is -1.95. The van der Waals surface area contributed by atoms with Crippen LogP contribution in [0.15, 0.2) is 29.3 Å². The van der Waals surface area contributed by atoms with Crippen LogP contribution in [0.3, 0.4) is 0 Å². The van der Waals surface area contributed by atoms with Gasteiger partial charge in [0.05, 0.1) is 12.2 Å². The van der Waals surface area contributed by atoms with E-state index >= 15 is 0 Å². The van der Waals surface area contributed by atoms with Gasteiger partial charge in [0.1, 0.15) is 5.82 Å². The monoisotopic (exact) mass is 313 g/mol. The van der Waals surface area contributed by atoms with E-state index in [2.05, 4.69) is 19.5 Å². The van der Waals surface area contributed by atoms with Crippen LogP contribution < -0.4 is 5.56 Å². The Balaban J connectivity index is 1.28. The molecular formula is C17H23N5O. The summed E-state index contributed by atoms with van der Waals surface area (Å²) in [5, 5.41) is 4.55. The lowest BCUT2D eigenvalue weighted by Crippen LogP contribution is -2.50. The van der Waals surface area contributed by atoms with E-state index in [4.69, 9.17) is 0 Å². The van der Waals surface area contributed by atoms with E-state index in [1.807, 2.05) is 25.5 Å². The molecule has 122 valence electrons. The van der Waals surface area contributed by atoms with Crippen molar-refractivity contribution in [1.29, 1.82) is 0 Å². The highest BCUT2D eigenvalue weighted by Gasteiger charge is 2.29. The third-order valence-electron chi connectivity index (χ3n) is 4.92. The summed E-state index contributed by atoms with van der Waals surface area (Å²) in [4.78, 5) is 18.7. The summed E-state index contributed by atoms with van der Waals surface area (Å²) in [6.45, 7) is 3.88. The number of nitrogens with zero attached hydrogens (tertiary/aromatic N) is 5. The fraction of sp³-hybridized carbons (Fsp3) is 0.588. The van der Waals surface area contributed by atoms with Crippen molar-refractivity contribution in [1.82, 2.24) is 24.2 Å². The predicted molar refractivity (Wildman–Crippen MR) is 87.3 cm³/mol. The largest absolute Gasteiger partial charge is 0.338 e. The van der Waals surface area contributed by atoms with Crippen molar-refractivity contribution in [2.45, 2.75) is 31.7 Å². The van der Waals surface area contributed by atoms with Crippen LogP contribution in [0.25, 0.3) is 0 Å². The van der Waals surface area contributed by atoms with E-state index in [0.717, 1.165) is 44.1 Å². The normalized spacial score (nSPS) is 19.0. The van der Waals surface area contributed by atoms with Crippen molar-refractivity contribution in [2.24, 2.45) is 13.0 Å². The third-order valence-corrected chi connectivity index (χ3v) is 4.92. The number of imidazole rings is 1. The highest BCUT2D eigenvalue weighted by atomic mass is 16.1. The highest BCUT2D eigenvalue weighted by Crippen LogP contribution is 2.38. The van der Waals surface area contributed by atoms with Crippen molar-refractivity contribution in [3.63, 3.8) is 0 Å². The Morgan fingerprint density at radius 2 is 2.09 bits per heavy atom. The minimum Gasteiger partial charge on any atom is -0.338 e. The second-order valence-corrected chi connectivity index (χ2v) is 6.88. The summed E-state index contributed by atoms with van der Waals surface area (Å²) < 4.78 is 3.75. The summed E-state index contributed by atoms with van der Waals surface area (Å²) in [7, 11) is 2.03. The summed E-state index contributed by atoms with van der Waals surface area (Å²) in [6, 6.07) is 3.58. The molecule has 3 heterocycles. The first-order valence-electron chi connectivity index (χ1n) is 8.45. The number of aromatic nitrogens is 4. The molecule has 0 aromatic carbocycles. The smallest absolute Gasteiger partial charge is 0.266 e. The second kappa shape index (κ2) is 5.92. The number of rotatable bonds is 6. The van der Waals surface area contributed by atoms with E-state index < -0.39 is 0 Å². The number of hydrogen-bond acceptors (Lipinski definition) is 4. The van der Waals surface area contributed by atoms with Gasteiger partial charge < -0.3 is 9.47 Å². The Morgan fingerprint density at radius 3 is 2.78 bits per heavy atom. The summed E-state index contributed by atoms with van der Waals surface area (Å²) in [5.41, 5.74) is 1.12. The number of hydrogen-bond donors (Lipinski definition) is 0. The van der Waals surface area contributed by atoms with E-state index in [0.29, 0.717) is 11.8 Å². The van der Waals surface area contributed by atoms with Crippen LogP contribution in [-0.2, 0) is 20.0 Å². The first-order chi connectivity index (χ1) is 11.2. The van der Waals surface area contributed by atoms with Crippen LogP contribution in [-0.4, -0.2) is 43.9 Å². The zero-order valence-electron chi connectivity index (χ0n) is 13.6. The van der Waals surface area contributed by atoms with Gasteiger partial charge in [-0.1, -0.05) is 0 Å². The average molecular weight is 313 g/mol. The third kappa shape index (κ3) is 3.22. The van der Waals surface area contributed by atoms with Crippen LogP contribution in [0.4, 0.5) is 0 Å². The molecule has 0 radical (unpaired) electrons. The van der Waals surface area contributed by atoms with Crippen LogP contribution in [0.1, 0.15) is 30.3 Å². The van der Waals surface area contributed by atoms with Crippen LogP contribution in [0.2, 0.25) is 0 Å². The topological polar surface area (TPSA) is 56.0 Å². The van der Waals surface area contributed by atoms with Gasteiger partial charge in [-0.2, -0.15) is 5.10 Å². The average Bonchev–Trinajstić information content (AvgIpc) is 3.27. The molecule has 2 aromatic heterocycles. The van der Waals surface area contributed by atoms with E-state index in [1.54, 1.807) is 10.7 Å². The van der Waals surface area contributed by atoms with Gasteiger partial charge in [0.2, 0.25) is 0 Å². The SMILES string of the molecule is Cn1ccnc1CCN1CC(Cn2nc(C3CC3)ccc2=O)C1. The first-order valence-corrected chi connectivity index (χ1v) is 8.45. The van der Waals surface area contributed by atoms with E-state index in [1.165, 1.54) is 12.8 Å². The Morgan fingerprint density at radius 1 is 1.26 bits per heavy atom. The standard InChI is InChI=1S/C17H23N5O/c1-20-9-7-18-16(20)6-8-21-10-13(11-21)12-22-17(23)5-4-15(19-22)14-2-3-14/h4-5,7,9,13-14H,2-3,6,8,10-12H2,1H3. The maximum absolute atomic E-state index is 12.0. The number of aryl methyl sites for hydroxylation is 1. The molecule has 2 aliphatic rings. The van der Waals surface area contributed by atoms with Gasteiger partial charge in [0.25, 0.3) is 5.56 Å². The maximum atomic E-state index is 12.0. The minimum atomic E-state index is 0.0286. The van der Waals surface area contributed by atoms with Crippen LogP contribution >= 0.6 is 0 Å². The van der Waals surface area contributed by atoms with Gasteiger partial charge in [0, 0.05) is 63.4 Å². The molecule has 1 saturated heterocycles. The lowest BCUT2D eigenvalue weighted by molar-refractivity contribution is 0.0847. The van der Waals surface area contributed by atoms with Crippen molar-refractivity contribution >= 4 is 0 Å². The summed E-state index contributed by atoms with van der Waals surface area (Å²) >= 11 is 0. The van der Waals surface area contributed by atoms with E-state index in [9.17, 15) is 4.79 Å². The molecule has 0 N–H and O–H groups in total. The van der Waals surface area contributed by atoms with Crippen molar-refractivity contribution < 1.29 is 0 Å². The Bertz CT molecular complexity index is 739. The molecule has 1 aliphatic heterocycles. The Kier molecular flexibility index (Phi) is 3.77. The number of likely N-dealkylation sites (tertiary alicyclic amines) is 1. The molecule has 0 amide bonds. The van der Waals surface area contributed by atoms with Gasteiger partial charge >= 0.3 is 0 Å². The van der Waals surface area contributed by atoms with Gasteiger partial charge in [-0.25, -0.2) is 9.67 Å². The molecule has 0 unspecified atom stereocenters. The Labute approximate surface area is 135 Å². The van der Waals surface area contributed by atoms with Gasteiger partial charge in [0.15, 0.2) is 0 Å². The zero-order valence-corrected chi connectivity index (χ0v) is 13.6. The lowest BCUT2D eigenvalue weighted by atomic mass is 10.00. The highest BCUT2D eigenvalue weighted by molar-refractivity contribution is 5.12. The summed E-state index contributed by atoms with van der Waals surface area (Å²) in [5.74, 6) is 2.26. The summed E-state index contributed by atoms with van der Waals surface area (Å²) in [6.07, 6.45) is 7.25. The molecule has 2 aromatic rings. The molecule has 0 spiro atoms. The van der Waals surface area contributed by atoms with Gasteiger partial charge in [-0.15, -0.1) is 0 Å². The fourth-order valence-corrected chi connectivity index (χ4v) is 3.31. The predicted octanol–water partition coefficient (Wildman–Crippen LogP) is 1.03. The fourth-order valence-electron chi connectivity index (χ4n) is 3.31. The van der Waals surface area contributed by atoms with Gasteiger partial charge in [-0.3, -0.25) is 4.79 Å².